The Morgan fingerprint density at radius 2 is 2.05 bits per heavy atom. The van der Waals surface area contributed by atoms with Gasteiger partial charge in [-0.2, -0.15) is 0 Å². The fourth-order valence-corrected chi connectivity index (χ4v) is 2.77. The molecule has 2 aromatic rings. The van der Waals surface area contributed by atoms with Crippen molar-refractivity contribution in [2.24, 2.45) is 0 Å². The second-order valence-corrected chi connectivity index (χ2v) is 5.04. The van der Waals surface area contributed by atoms with Crippen LogP contribution in [0.5, 0.6) is 5.75 Å². The Morgan fingerprint density at radius 3 is 2.90 bits per heavy atom. The van der Waals surface area contributed by atoms with Crippen LogP contribution in [0.25, 0.3) is 0 Å². The highest BCUT2D eigenvalue weighted by molar-refractivity contribution is 5.71. The van der Waals surface area contributed by atoms with Gasteiger partial charge in [-0.3, -0.25) is 0 Å². The summed E-state index contributed by atoms with van der Waals surface area (Å²) < 4.78 is 5.60. The third-order valence-electron chi connectivity index (χ3n) is 3.72. The second kappa shape index (κ2) is 5.45. The second-order valence-electron chi connectivity index (χ2n) is 5.04. The molecule has 1 aliphatic heterocycles. The minimum Gasteiger partial charge on any atom is -0.492 e. The van der Waals surface area contributed by atoms with E-state index in [2.05, 4.69) is 35.2 Å². The number of benzene rings is 2. The van der Waals surface area contributed by atoms with Gasteiger partial charge in [0.2, 0.25) is 0 Å². The highest BCUT2D eigenvalue weighted by atomic mass is 16.5. The van der Waals surface area contributed by atoms with Gasteiger partial charge in [0.25, 0.3) is 0 Å². The molecule has 3 rings (SSSR count). The van der Waals surface area contributed by atoms with Crippen LogP contribution < -0.4 is 15.4 Å². The Hall–Kier alpha value is -2.16. The maximum atomic E-state index is 5.96. The largest absolute Gasteiger partial charge is 0.492 e. The number of ether oxygens (including phenoxy) is 1. The van der Waals surface area contributed by atoms with Gasteiger partial charge in [-0.25, -0.2) is 0 Å². The number of fused-ring (bicyclic) bond motifs is 1. The first kappa shape index (κ1) is 12.9. The fourth-order valence-electron chi connectivity index (χ4n) is 2.77. The Morgan fingerprint density at radius 1 is 1.20 bits per heavy atom. The van der Waals surface area contributed by atoms with Crippen molar-refractivity contribution >= 4 is 17.1 Å². The van der Waals surface area contributed by atoms with Crippen molar-refractivity contribution in [3.8, 4) is 5.75 Å². The quantitative estimate of drug-likeness (QED) is 0.862. The zero-order chi connectivity index (χ0) is 13.9. The maximum absolute atomic E-state index is 5.96. The first-order valence-electron chi connectivity index (χ1n) is 7.17. The lowest BCUT2D eigenvalue weighted by atomic mass is 10.0. The molecule has 0 radical (unpaired) electrons. The smallest absolute Gasteiger partial charge is 0.144 e. The van der Waals surface area contributed by atoms with Crippen LogP contribution in [-0.4, -0.2) is 13.2 Å². The molecule has 1 heterocycles. The number of nitrogens with zero attached hydrogens (tertiary/aromatic N) is 1. The number of hydrogen-bond acceptors (Lipinski definition) is 3. The van der Waals surface area contributed by atoms with Gasteiger partial charge in [0, 0.05) is 24.0 Å². The molecule has 2 N–H and O–H groups in total. The van der Waals surface area contributed by atoms with Crippen molar-refractivity contribution < 1.29 is 4.74 Å². The molecule has 0 bridgehead atoms. The molecule has 0 saturated carbocycles. The monoisotopic (exact) mass is 268 g/mol. The van der Waals surface area contributed by atoms with E-state index in [4.69, 9.17) is 10.5 Å². The lowest BCUT2D eigenvalue weighted by molar-refractivity contribution is 0.342. The van der Waals surface area contributed by atoms with Gasteiger partial charge < -0.3 is 15.4 Å². The average Bonchev–Trinajstić information content (AvgIpc) is 2.49. The SMILES string of the molecule is CCOc1cc(N2CCCc3ccccc32)ccc1N. The first-order chi connectivity index (χ1) is 9.79. The van der Waals surface area contributed by atoms with E-state index in [0.29, 0.717) is 12.3 Å². The van der Waals surface area contributed by atoms with Gasteiger partial charge in [0.05, 0.1) is 12.3 Å². The zero-order valence-corrected chi connectivity index (χ0v) is 11.8. The van der Waals surface area contributed by atoms with Crippen LogP contribution in [0.1, 0.15) is 18.9 Å². The maximum Gasteiger partial charge on any atom is 0.144 e. The Bertz CT molecular complexity index is 610. The molecule has 0 fully saturated rings. The molecule has 0 spiro atoms. The topological polar surface area (TPSA) is 38.5 Å². The molecule has 0 aromatic heterocycles. The lowest BCUT2D eigenvalue weighted by Gasteiger charge is -2.31. The normalized spacial score (nSPS) is 13.9. The summed E-state index contributed by atoms with van der Waals surface area (Å²) in [6.45, 7) is 3.64. The molecule has 0 aliphatic carbocycles. The molecular formula is C17H20N2O. The lowest BCUT2D eigenvalue weighted by Crippen LogP contribution is -2.24. The van der Waals surface area contributed by atoms with Crippen molar-refractivity contribution in [3.63, 3.8) is 0 Å². The molecule has 2 aromatic carbocycles. The van der Waals surface area contributed by atoms with E-state index >= 15 is 0 Å². The van der Waals surface area contributed by atoms with Crippen LogP contribution >= 0.6 is 0 Å². The minimum atomic E-state index is 0.629. The third-order valence-corrected chi connectivity index (χ3v) is 3.72. The summed E-state index contributed by atoms with van der Waals surface area (Å²) in [6, 6.07) is 14.6. The minimum absolute atomic E-state index is 0.629. The van der Waals surface area contributed by atoms with E-state index in [1.54, 1.807) is 0 Å². The molecule has 0 saturated heterocycles. The van der Waals surface area contributed by atoms with Gasteiger partial charge >= 0.3 is 0 Å². The third kappa shape index (κ3) is 2.31. The molecule has 3 nitrogen and oxygen atoms in total. The van der Waals surface area contributed by atoms with Crippen LogP contribution in [-0.2, 0) is 6.42 Å². The molecule has 0 atom stereocenters. The predicted molar refractivity (Wildman–Crippen MR) is 83.8 cm³/mol. The van der Waals surface area contributed by atoms with Crippen molar-refractivity contribution in [2.75, 3.05) is 23.8 Å². The number of anilines is 3. The predicted octanol–water partition coefficient (Wildman–Crippen LogP) is 3.75. The van der Waals surface area contributed by atoms with Gasteiger partial charge in [0.15, 0.2) is 0 Å². The Labute approximate surface area is 120 Å². The van der Waals surface area contributed by atoms with Gasteiger partial charge in [0.1, 0.15) is 5.75 Å². The van der Waals surface area contributed by atoms with E-state index in [1.165, 1.54) is 17.7 Å². The summed E-state index contributed by atoms with van der Waals surface area (Å²) in [5.74, 6) is 0.771. The van der Waals surface area contributed by atoms with Crippen LogP contribution in [0, 0.1) is 0 Å². The van der Waals surface area contributed by atoms with Crippen molar-refractivity contribution in [2.45, 2.75) is 19.8 Å². The number of rotatable bonds is 3. The summed E-state index contributed by atoms with van der Waals surface area (Å²) >= 11 is 0. The number of hydrogen-bond donors (Lipinski definition) is 1. The van der Waals surface area contributed by atoms with Crippen LogP contribution in [0.3, 0.4) is 0 Å². The number of para-hydroxylation sites is 1. The molecule has 1 aliphatic rings. The fraction of sp³-hybridized carbons (Fsp3) is 0.294. The van der Waals surface area contributed by atoms with Gasteiger partial charge in [-0.1, -0.05) is 18.2 Å². The molecule has 0 amide bonds. The Balaban J connectivity index is 2.00. The van der Waals surface area contributed by atoms with Crippen molar-refractivity contribution in [1.29, 1.82) is 0 Å². The summed E-state index contributed by atoms with van der Waals surface area (Å²) in [6.07, 6.45) is 2.32. The summed E-state index contributed by atoms with van der Waals surface area (Å²) in [5, 5.41) is 0. The first-order valence-corrected chi connectivity index (χ1v) is 7.17. The van der Waals surface area contributed by atoms with Crippen LogP contribution in [0.15, 0.2) is 42.5 Å². The summed E-state index contributed by atoms with van der Waals surface area (Å²) in [7, 11) is 0. The number of aryl methyl sites for hydroxylation is 1. The van der Waals surface area contributed by atoms with Crippen LogP contribution in [0.2, 0.25) is 0 Å². The van der Waals surface area contributed by atoms with Gasteiger partial charge in [-0.15, -0.1) is 0 Å². The molecule has 3 heteroatoms. The Kier molecular flexibility index (Phi) is 3.50. The van der Waals surface area contributed by atoms with E-state index < -0.39 is 0 Å². The van der Waals surface area contributed by atoms with E-state index in [9.17, 15) is 0 Å². The summed E-state index contributed by atoms with van der Waals surface area (Å²) in [5.41, 5.74) is 10.5. The summed E-state index contributed by atoms with van der Waals surface area (Å²) in [4.78, 5) is 2.35. The van der Waals surface area contributed by atoms with Gasteiger partial charge in [-0.05, 0) is 43.5 Å². The number of nitrogen functional groups attached to an aromatic ring is 1. The van der Waals surface area contributed by atoms with Crippen molar-refractivity contribution in [3.05, 3.63) is 48.0 Å². The highest BCUT2D eigenvalue weighted by Crippen LogP contribution is 2.36. The molecule has 104 valence electrons. The highest BCUT2D eigenvalue weighted by Gasteiger charge is 2.18. The standard InChI is InChI=1S/C17H20N2O/c1-2-20-17-12-14(9-10-15(17)18)19-11-5-7-13-6-3-4-8-16(13)19/h3-4,6,8-10,12H,2,5,7,11,18H2,1H3. The van der Waals surface area contributed by atoms with E-state index in [1.807, 2.05) is 19.1 Å². The molecule has 0 unspecified atom stereocenters. The number of nitrogens with two attached hydrogens (primary N) is 1. The average molecular weight is 268 g/mol. The van der Waals surface area contributed by atoms with Crippen LogP contribution in [0.4, 0.5) is 17.1 Å². The molecular weight excluding hydrogens is 248 g/mol. The van der Waals surface area contributed by atoms with E-state index in [-0.39, 0.29) is 0 Å². The molecule has 20 heavy (non-hydrogen) atoms. The van der Waals surface area contributed by atoms with Crippen molar-refractivity contribution in [1.82, 2.24) is 0 Å². The zero-order valence-electron chi connectivity index (χ0n) is 11.8. The van der Waals surface area contributed by atoms with E-state index in [0.717, 1.165) is 24.4 Å².